The molecule has 0 saturated carbocycles. The summed E-state index contributed by atoms with van der Waals surface area (Å²) in [5, 5.41) is 3.64. The van der Waals surface area contributed by atoms with Gasteiger partial charge in [-0.1, -0.05) is 57.2 Å². The second-order valence-electron chi connectivity index (χ2n) is 7.09. The van der Waals surface area contributed by atoms with Crippen molar-refractivity contribution in [3.8, 4) is 0 Å². The molecular formula is C22H29N3. The van der Waals surface area contributed by atoms with E-state index >= 15 is 0 Å². The summed E-state index contributed by atoms with van der Waals surface area (Å²) in [4.78, 5) is 4.83. The van der Waals surface area contributed by atoms with Crippen molar-refractivity contribution < 1.29 is 0 Å². The highest BCUT2D eigenvalue weighted by atomic mass is 15.1. The van der Waals surface area contributed by atoms with Crippen LogP contribution in [0.25, 0.3) is 11.0 Å². The van der Waals surface area contributed by atoms with Crippen LogP contribution in [0, 0.1) is 0 Å². The number of aryl methyl sites for hydroxylation is 1. The fourth-order valence-corrected chi connectivity index (χ4v) is 3.27. The Morgan fingerprint density at radius 3 is 2.32 bits per heavy atom. The molecule has 0 spiro atoms. The molecule has 0 aliphatic carbocycles. The van der Waals surface area contributed by atoms with E-state index in [0.717, 1.165) is 30.9 Å². The Labute approximate surface area is 151 Å². The van der Waals surface area contributed by atoms with Crippen molar-refractivity contribution >= 4 is 11.0 Å². The number of nitrogens with one attached hydrogen (secondary N) is 1. The van der Waals surface area contributed by atoms with Gasteiger partial charge in [-0.15, -0.1) is 0 Å². The molecule has 0 saturated heterocycles. The lowest BCUT2D eigenvalue weighted by molar-refractivity contribution is 0.536. The fourth-order valence-electron chi connectivity index (χ4n) is 3.27. The standard InChI is InChI=1S/C22H29N3/c1-5-14-25-21-9-7-6-8-20(21)24-22(25)15-23-17(4)19-12-10-18(11-13-19)16(2)3/h6-13,16-17,23H,5,14-15H2,1-4H3. The molecule has 3 rings (SSSR count). The second-order valence-corrected chi connectivity index (χ2v) is 7.09. The first-order valence-electron chi connectivity index (χ1n) is 9.37. The molecule has 0 amide bonds. The zero-order chi connectivity index (χ0) is 17.8. The molecule has 0 aliphatic rings. The minimum absolute atomic E-state index is 0.302. The first kappa shape index (κ1) is 17.7. The lowest BCUT2D eigenvalue weighted by Crippen LogP contribution is -2.21. The monoisotopic (exact) mass is 335 g/mol. The largest absolute Gasteiger partial charge is 0.327 e. The predicted octanol–water partition coefficient (Wildman–Crippen LogP) is 5.42. The maximum Gasteiger partial charge on any atom is 0.123 e. The van der Waals surface area contributed by atoms with Gasteiger partial charge in [0.05, 0.1) is 17.6 Å². The first-order chi connectivity index (χ1) is 12.1. The van der Waals surface area contributed by atoms with E-state index in [4.69, 9.17) is 4.98 Å². The number of nitrogens with zero attached hydrogens (tertiary/aromatic N) is 2. The Morgan fingerprint density at radius 1 is 0.960 bits per heavy atom. The van der Waals surface area contributed by atoms with Crippen LogP contribution in [0.15, 0.2) is 48.5 Å². The van der Waals surface area contributed by atoms with Gasteiger partial charge >= 0.3 is 0 Å². The number of imidazole rings is 1. The molecule has 3 heteroatoms. The summed E-state index contributed by atoms with van der Waals surface area (Å²) in [7, 11) is 0. The zero-order valence-corrected chi connectivity index (χ0v) is 15.8. The lowest BCUT2D eigenvalue weighted by atomic mass is 9.99. The van der Waals surface area contributed by atoms with E-state index in [1.807, 2.05) is 0 Å². The smallest absolute Gasteiger partial charge is 0.123 e. The topological polar surface area (TPSA) is 29.9 Å². The van der Waals surface area contributed by atoms with Crippen LogP contribution in [0.1, 0.15) is 63.0 Å². The normalized spacial score (nSPS) is 12.8. The van der Waals surface area contributed by atoms with Crippen LogP contribution in [0.5, 0.6) is 0 Å². The molecular weight excluding hydrogens is 306 g/mol. The van der Waals surface area contributed by atoms with Gasteiger partial charge in [0.25, 0.3) is 0 Å². The number of aromatic nitrogens is 2. The molecule has 1 atom stereocenters. The van der Waals surface area contributed by atoms with Crippen LogP contribution < -0.4 is 5.32 Å². The van der Waals surface area contributed by atoms with Crippen LogP contribution in [0.4, 0.5) is 0 Å². The van der Waals surface area contributed by atoms with E-state index in [-0.39, 0.29) is 0 Å². The average Bonchev–Trinajstić information content (AvgIpc) is 2.98. The third-order valence-corrected chi connectivity index (χ3v) is 4.85. The molecule has 0 bridgehead atoms. The highest BCUT2D eigenvalue weighted by Crippen LogP contribution is 2.20. The molecule has 0 fully saturated rings. The first-order valence-corrected chi connectivity index (χ1v) is 9.37. The van der Waals surface area contributed by atoms with Crippen molar-refractivity contribution in [3.63, 3.8) is 0 Å². The average molecular weight is 335 g/mol. The number of hydrogen-bond acceptors (Lipinski definition) is 2. The molecule has 1 heterocycles. The maximum absolute atomic E-state index is 4.83. The summed E-state index contributed by atoms with van der Waals surface area (Å²) < 4.78 is 2.34. The van der Waals surface area contributed by atoms with Crippen LogP contribution in [0.2, 0.25) is 0 Å². The van der Waals surface area contributed by atoms with Crippen LogP contribution >= 0.6 is 0 Å². The van der Waals surface area contributed by atoms with Crippen molar-refractivity contribution in [2.75, 3.05) is 0 Å². The second kappa shape index (κ2) is 7.83. The number of hydrogen-bond donors (Lipinski definition) is 1. The zero-order valence-electron chi connectivity index (χ0n) is 15.8. The Bertz CT molecular complexity index is 815. The van der Waals surface area contributed by atoms with E-state index in [0.29, 0.717) is 12.0 Å². The van der Waals surface area contributed by atoms with E-state index in [1.54, 1.807) is 0 Å². The van der Waals surface area contributed by atoms with E-state index in [2.05, 4.69) is 86.1 Å². The summed E-state index contributed by atoms with van der Waals surface area (Å²) >= 11 is 0. The Balaban J connectivity index is 1.74. The van der Waals surface area contributed by atoms with Crippen molar-refractivity contribution in [2.45, 2.75) is 59.2 Å². The van der Waals surface area contributed by atoms with Crippen molar-refractivity contribution in [1.29, 1.82) is 0 Å². The van der Waals surface area contributed by atoms with Gasteiger partial charge < -0.3 is 9.88 Å². The van der Waals surface area contributed by atoms with Gasteiger partial charge in [-0.25, -0.2) is 4.98 Å². The summed E-state index contributed by atoms with van der Waals surface area (Å²) in [6.07, 6.45) is 1.11. The molecule has 1 unspecified atom stereocenters. The molecule has 25 heavy (non-hydrogen) atoms. The third kappa shape index (κ3) is 3.93. The summed E-state index contributed by atoms with van der Waals surface area (Å²) in [5.74, 6) is 1.69. The van der Waals surface area contributed by atoms with Crippen molar-refractivity contribution in [3.05, 3.63) is 65.5 Å². The quantitative estimate of drug-likeness (QED) is 0.625. The minimum atomic E-state index is 0.302. The van der Waals surface area contributed by atoms with Crippen molar-refractivity contribution in [2.24, 2.45) is 0 Å². The van der Waals surface area contributed by atoms with Gasteiger partial charge in [0, 0.05) is 12.6 Å². The third-order valence-electron chi connectivity index (χ3n) is 4.85. The lowest BCUT2D eigenvalue weighted by Gasteiger charge is -2.16. The molecule has 132 valence electrons. The molecule has 3 nitrogen and oxygen atoms in total. The highest BCUT2D eigenvalue weighted by Gasteiger charge is 2.12. The summed E-state index contributed by atoms with van der Waals surface area (Å²) in [5.41, 5.74) is 5.03. The molecule has 1 N–H and O–H groups in total. The number of para-hydroxylation sites is 2. The van der Waals surface area contributed by atoms with Gasteiger partial charge in [-0.3, -0.25) is 0 Å². The van der Waals surface area contributed by atoms with E-state index < -0.39 is 0 Å². The van der Waals surface area contributed by atoms with Crippen LogP contribution in [0.3, 0.4) is 0 Å². The number of rotatable bonds is 7. The van der Waals surface area contributed by atoms with E-state index in [1.165, 1.54) is 16.6 Å². The summed E-state index contributed by atoms with van der Waals surface area (Å²) in [6, 6.07) is 17.7. The van der Waals surface area contributed by atoms with Gasteiger partial charge in [0.1, 0.15) is 5.82 Å². The van der Waals surface area contributed by atoms with Gasteiger partial charge in [-0.05, 0) is 42.5 Å². The van der Waals surface area contributed by atoms with Gasteiger partial charge in [0.2, 0.25) is 0 Å². The predicted molar refractivity (Wildman–Crippen MR) is 106 cm³/mol. The van der Waals surface area contributed by atoms with Crippen LogP contribution in [-0.2, 0) is 13.1 Å². The molecule has 0 aliphatic heterocycles. The number of benzene rings is 2. The van der Waals surface area contributed by atoms with Gasteiger partial charge in [-0.2, -0.15) is 0 Å². The fraction of sp³-hybridized carbons (Fsp3) is 0.409. The highest BCUT2D eigenvalue weighted by molar-refractivity contribution is 5.75. The van der Waals surface area contributed by atoms with Gasteiger partial charge in [0.15, 0.2) is 0 Å². The summed E-state index contributed by atoms with van der Waals surface area (Å²) in [6.45, 7) is 10.7. The van der Waals surface area contributed by atoms with Crippen LogP contribution in [-0.4, -0.2) is 9.55 Å². The Kier molecular flexibility index (Phi) is 5.54. The maximum atomic E-state index is 4.83. The number of fused-ring (bicyclic) bond motifs is 1. The Morgan fingerprint density at radius 2 is 1.64 bits per heavy atom. The minimum Gasteiger partial charge on any atom is -0.327 e. The molecule has 1 aromatic heterocycles. The molecule has 2 aromatic carbocycles. The van der Waals surface area contributed by atoms with Crippen molar-refractivity contribution in [1.82, 2.24) is 14.9 Å². The molecule has 3 aromatic rings. The SMILES string of the molecule is CCCn1c(CNC(C)c2ccc(C(C)C)cc2)nc2ccccc21. The van der Waals surface area contributed by atoms with E-state index in [9.17, 15) is 0 Å². The Hall–Kier alpha value is -2.13. The molecule has 0 radical (unpaired) electrons.